The molecule has 0 spiro atoms. The van der Waals surface area contributed by atoms with Crippen molar-refractivity contribution >= 4 is 5.97 Å². The Morgan fingerprint density at radius 1 is 1.20 bits per heavy atom. The lowest BCUT2D eigenvalue weighted by Gasteiger charge is -2.22. The molecule has 1 rings (SSSR count). The number of ether oxygens (including phenoxy) is 2. The molecule has 0 bridgehead atoms. The lowest BCUT2D eigenvalue weighted by atomic mass is 10.2. The second-order valence-electron chi connectivity index (χ2n) is 4.89. The summed E-state index contributed by atoms with van der Waals surface area (Å²) in [5.74, 6) is -0.245. The Morgan fingerprint density at radius 2 is 1.85 bits per heavy atom. The highest BCUT2D eigenvalue weighted by Crippen LogP contribution is 2.02. The van der Waals surface area contributed by atoms with Gasteiger partial charge in [-0.2, -0.15) is 0 Å². The molecule has 1 aromatic rings. The van der Waals surface area contributed by atoms with Gasteiger partial charge in [0.1, 0.15) is 6.54 Å². The molecule has 20 heavy (non-hydrogen) atoms. The van der Waals surface area contributed by atoms with Crippen LogP contribution in [0, 0.1) is 0 Å². The van der Waals surface area contributed by atoms with Gasteiger partial charge in [0.15, 0.2) is 6.10 Å². The van der Waals surface area contributed by atoms with Crippen molar-refractivity contribution in [3.63, 3.8) is 0 Å². The van der Waals surface area contributed by atoms with Gasteiger partial charge in [-0.1, -0.05) is 30.3 Å². The first-order valence-corrected chi connectivity index (χ1v) is 7.28. The minimum absolute atomic E-state index is 0.175. The first kappa shape index (κ1) is 16.7. The van der Waals surface area contributed by atoms with E-state index in [1.165, 1.54) is 11.8 Å². The van der Waals surface area contributed by atoms with E-state index in [9.17, 15) is 4.79 Å². The predicted molar refractivity (Wildman–Crippen MR) is 78.6 cm³/mol. The highest BCUT2D eigenvalue weighted by molar-refractivity contribution is 5.66. The number of hydrogen-bond acceptors (Lipinski definition) is 3. The predicted octanol–water partition coefficient (Wildman–Crippen LogP) is 1.06. The number of hydrogen-bond donors (Lipinski definition) is 1. The van der Waals surface area contributed by atoms with Gasteiger partial charge in [0.2, 0.25) is 0 Å². The number of rotatable bonds is 9. The van der Waals surface area contributed by atoms with Crippen molar-refractivity contribution in [1.29, 1.82) is 0 Å². The Morgan fingerprint density at radius 3 is 2.40 bits per heavy atom. The Kier molecular flexibility index (Phi) is 7.92. The molecule has 0 aromatic heterocycles. The highest BCUT2D eigenvalue weighted by atomic mass is 16.6. The van der Waals surface area contributed by atoms with Crippen molar-refractivity contribution in [1.82, 2.24) is 0 Å². The molecule has 1 aromatic carbocycles. The Hall–Kier alpha value is -1.39. The summed E-state index contributed by atoms with van der Waals surface area (Å²) in [6.45, 7) is 9.54. The molecule has 0 saturated carbocycles. The standard InChI is InChI=1S/C16H25NO3/c1-4-17(5-2)11-16(20-14(3)18)13-19-12-15-9-7-6-8-10-15/h6-10,16H,4-5,11-13H2,1-3H3/p+1/t16-/m1/s1. The average Bonchev–Trinajstić information content (AvgIpc) is 2.45. The third kappa shape index (κ3) is 6.68. The largest absolute Gasteiger partial charge is 0.454 e. The highest BCUT2D eigenvalue weighted by Gasteiger charge is 2.18. The summed E-state index contributed by atoms with van der Waals surface area (Å²) in [5.41, 5.74) is 1.13. The maximum absolute atomic E-state index is 11.2. The van der Waals surface area contributed by atoms with Gasteiger partial charge in [0.05, 0.1) is 26.3 Å². The molecule has 1 N–H and O–H groups in total. The molecule has 1 atom stereocenters. The zero-order valence-corrected chi connectivity index (χ0v) is 12.7. The second kappa shape index (κ2) is 9.50. The van der Waals surface area contributed by atoms with Gasteiger partial charge >= 0.3 is 5.97 Å². The van der Waals surface area contributed by atoms with Crippen molar-refractivity contribution in [2.75, 3.05) is 26.2 Å². The molecule has 0 fully saturated rings. The van der Waals surface area contributed by atoms with Crippen LogP contribution in [0.2, 0.25) is 0 Å². The number of nitrogens with one attached hydrogen (secondary N) is 1. The van der Waals surface area contributed by atoms with Crippen LogP contribution in [0.15, 0.2) is 30.3 Å². The lowest BCUT2D eigenvalue weighted by Crippen LogP contribution is -3.12. The van der Waals surface area contributed by atoms with Crippen molar-refractivity contribution in [3.05, 3.63) is 35.9 Å². The Balaban J connectivity index is 2.41. The molecule has 0 aliphatic carbocycles. The van der Waals surface area contributed by atoms with E-state index >= 15 is 0 Å². The first-order valence-electron chi connectivity index (χ1n) is 7.28. The molecular weight excluding hydrogens is 254 g/mol. The number of esters is 1. The molecule has 0 unspecified atom stereocenters. The van der Waals surface area contributed by atoms with E-state index in [2.05, 4.69) is 13.8 Å². The SMILES string of the molecule is CC[NH+](CC)C[C@H](COCc1ccccc1)OC(C)=O. The van der Waals surface area contributed by atoms with Crippen molar-refractivity contribution in [3.8, 4) is 0 Å². The zero-order chi connectivity index (χ0) is 14.8. The van der Waals surface area contributed by atoms with E-state index in [0.717, 1.165) is 25.2 Å². The minimum atomic E-state index is -0.245. The van der Waals surface area contributed by atoms with E-state index < -0.39 is 0 Å². The summed E-state index contributed by atoms with van der Waals surface area (Å²) in [7, 11) is 0. The van der Waals surface area contributed by atoms with Crippen LogP contribution in [-0.4, -0.2) is 38.3 Å². The minimum Gasteiger partial charge on any atom is -0.454 e. The summed E-state index contributed by atoms with van der Waals surface area (Å²) in [5, 5.41) is 0. The molecule has 0 saturated heterocycles. The van der Waals surface area contributed by atoms with Crippen LogP contribution in [0.1, 0.15) is 26.3 Å². The number of benzene rings is 1. The maximum Gasteiger partial charge on any atom is 0.303 e. The first-order chi connectivity index (χ1) is 9.65. The smallest absolute Gasteiger partial charge is 0.303 e. The summed E-state index contributed by atoms with van der Waals surface area (Å²) >= 11 is 0. The maximum atomic E-state index is 11.2. The van der Waals surface area contributed by atoms with Gasteiger partial charge in [-0.25, -0.2) is 0 Å². The van der Waals surface area contributed by atoms with Crippen molar-refractivity contribution in [2.45, 2.75) is 33.5 Å². The van der Waals surface area contributed by atoms with Crippen molar-refractivity contribution < 1.29 is 19.2 Å². The number of carbonyl (C=O) groups is 1. The molecule has 4 nitrogen and oxygen atoms in total. The number of quaternary nitrogens is 1. The second-order valence-corrected chi connectivity index (χ2v) is 4.89. The fourth-order valence-electron chi connectivity index (χ4n) is 2.11. The molecule has 0 aliphatic rings. The molecule has 112 valence electrons. The average molecular weight is 280 g/mol. The van der Waals surface area contributed by atoms with Gasteiger partial charge in [-0.15, -0.1) is 0 Å². The van der Waals surface area contributed by atoms with Crippen molar-refractivity contribution in [2.24, 2.45) is 0 Å². The van der Waals surface area contributed by atoms with Crippen LogP contribution in [0.3, 0.4) is 0 Å². The zero-order valence-electron chi connectivity index (χ0n) is 12.7. The van der Waals surface area contributed by atoms with Crippen LogP contribution in [0.4, 0.5) is 0 Å². The third-order valence-electron chi connectivity index (χ3n) is 3.26. The van der Waals surface area contributed by atoms with Crippen LogP contribution < -0.4 is 4.90 Å². The molecule has 0 amide bonds. The molecule has 0 radical (unpaired) electrons. The fraction of sp³-hybridized carbons (Fsp3) is 0.562. The van der Waals surface area contributed by atoms with E-state index in [1.54, 1.807) is 0 Å². The summed E-state index contributed by atoms with van der Waals surface area (Å²) < 4.78 is 11.0. The Labute approximate surface area is 121 Å². The number of likely N-dealkylation sites (N-methyl/N-ethyl adjacent to an activating group) is 1. The summed E-state index contributed by atoms with van der Waals surface area (Å²) in [4.78, 5) is 12.6. The molecular formula is C16H26NO3+. The van der Waals surface area contributed by atoms with E-state index in [1.807, 2.05) is 30.3 Å². The normalized spacial score (nSPS) is 12.4. The molecule has 0 heterocycles. The quantitative estimate of drug-likeness (QED) is 0.688. The van der Waals surface area contributed by atoms with Crippen LogP contribution in [0.25, 0.3) is 0 Å². The van der Waals surface area contributed by atoms with E-state index in [-0.39, 0.29) is 12.1 Å². The monoisotopic (exact) mass is 280 g/mol. The van der Waals surface area contributed by atoms with Crippen LogP contribution >= 0.6 is 0 Å². The van der Waals surface area contributed by atoms with Gasteiger partial charge in [-0.3, -0.25) is 4.79 Å². The van der Waals surface area contributed by atoms with Crippen LogP contribution in [0.5, 0.6) is 0 Å². The molecule has 4 heteroatoms. The summed E-state index contributed by atoms with van der Waals surface area (Å²) in [6, 6.07) is 10.0. The van der Waals surface area contributed by atoms with E-state index in [4.69, 9.17) is 9.47 Å². The molecule has 0 aliphatic heterocycles. The topological polar surface area (TPSA) is 40.0 Å². The number of carbonyl (C=O) groups excluding carboxylic acids is 1. The Bertz CT molecular complexity index is 377. The lowest BCUT2D eigenvalue weighted by molar-refractivity contribution is -0.899. The van der Waals surface area contributed by atoms with E-state index in [0.29, 0.717) is 13.2 Å². The van der Waals surface area contributed by atoms with Gasteiger partial charge in [-0.05, 0) is 19.4 Å². The fourth-order valence-corrected chi connectivity index (χ4v) is 2.11. The van der Waals surface area contributed by atoms with Gasteiger partial charge in [0, 0.05) is 6.92 Å². The third-order valence-corrected chi connectivity index (χ3v) is 3.26. The van der Waals surface area contributed by atoms with Gasteiger partial charge < -0.3 is 14.4 Å². The summed E-state index contributed by atoms with van der Waals surface area (Å²) in [6.07, 6.45) is -0.175. The van der Waals surface area contributed by atoms with Crippen LogP contribution in [-0.2, 0) is 20.9 Å². The van der Waals surface area contributed by atoms with Gasteiger partial charge in [0.25, 0.3) is 0 Å².